The summed E-state index contributed by atoms with van der Waals surface area (Å²) in [6.45, 7) is 0. The van der Waals surface area contributed by atoms with Crippen LogP contribution in [0.5, 0.6) is 0 Å². The smallest absolute Gasteiger partial charge is 0.325 e. The number of amides is 1. The van der Waals surface area contributed by atoms with E-state index in [2.05, 4.69) is 5.32 Å². The summed E-state index contributed by atoms with van der Waals surface area (Å²) >= 11 is 1.55. The monoisotopic (exact) mass is 275 g/mol. The van der Waals surface area contributed by atoms with Gasteiger partial charge in [0.25, 0.3) is 0 Å². The number of thioether (sulfide) groups is 1. The molecule has 1 aromatic rings. The van der Waals surface area contributed by atoms with Gasteiger partial charge < -0.3 is 5.32 Å². The molecular formula is C12H12F3NOS. The molecule has 0 aromatic heterocycles. The van der Waals surface area contributed by atoms with Gasteiger partial charge in [0, 0.05) is 5.69 Å². The molecular weight excluding hydrogens is 263 g/mol. The summed E-state index contributed by atoms with van der Waals surface area (Å²) in [5.41, 5.74) is -0.554. The van der Waals surface area contributed by atoms with Crippen molar-refractivity contribution in [2.45, 2.75) is 24.3 Å². The number of benzene rings is 1. The second-order valence-corrected chi connectivity index (χ2v) is 5.38. The van der Waals surface area contributed by atoms with Crippen LogP contribution in [0.1, 0.15) is 18.4 Å². The van der Waals surface area contributed by atoms with Crippen molar-refractivity contribution in [3.8, 4) is 0 Å². The summed E-state index contributed by atoms with van der Waals surface area (Å²) in [5, 5.41) is 2.40. The standard InChI is InChI=1S/C12H12F3NOS/c13-12(14,15)8-3-1-4-9(7-8)16-11(17)10-5-2-6-18-10/h1,3-4,7,10H,2,5-6H2,(H,16,17). The van der Waals surface area contributed by atoms with Gasteiger partial charge in [0.15, 0.2) is 0 Å². The average molecular weight is 275 g/mol. The Hall–Kier alpha value is -1.17. The van der Waals surface area contributed by atoms with Gasteiger partial charge in [-0.05, 0) is 36.8 Å². The lowest BCUT2D eigenvalue weighted by atomic mass is 10.2. The summed E-state index contributed by atoms with van der Waals surface area (Å²) in [6, 6.07) is 4.70. The van der Waals surface area contributed by atoms with Gasteiger partial charge in [0.1, 0.15) is 0 Å². The minimum absolute atomic E-state index is 0.139. The molecule has 2 nitrogen and oxygen atoms in total. The molecule has 1 aliphatic heterocycles. The van der Waals surface area contributed by atoms with E-state index in [9.17, 15) is 18.0 Å². The lowest BCUT2D eigenvalue weighted by Gasteiger charge is -2.12. The van der Waals surface area contributed by atoms with Crippen LogP contribution in [-0.4, -0.2) is 16.9 Å². The van der Waals surface area contributed by atoms with E-state index in [1.807, 2.05) is 0 Å². The fraction of sp³-hybridized carbons (Fsp3) is 0.417. The number of carbonyl (C=O) groups is 1. The lowest BCUT2D eigenvalue weighted by Crippen LogP contribution is -2.23. The Morgan fingerprint density at radius 1 is 1.39 bits per heavy atom. The van der Waals surface area contributed by atoms with Crippen LogP contribution in [0.15, 0.2) is 24.3 Å². The van der Waals surface area contributed by atoms with Gasteiger partial charge in [0.05, 0.1) is 10.8 Å². The fourth-order valence-corrected chi connectivity index (χ4v) is 2.94. The number of halogens is 3. The van der Waals surface area contributed by atoms with Gasteiger partial charge in [-0.2, -0.15) is 13.2 Å². The van der Waals surface area contributed by atoms with Crippen molar-refractivity contribution in [2.75, 3.05) is 11.1 Å². The number of hydrogen-bond acceptors (Lipinski definition) is 2. The maximum Gasteiger partial charge on any atom is 0.416 e. The summed E-state index contributed by atoms with van der Waals surface area (Å²) in [5.74, 6) is 0.720. The van der Waals surface area contributed by atoms with Crippen LogP contribution in [0.3, 0.4) is 0 Å². The third-order valence-electron chi connectivity index (χ3n) is 2.68. The van der Waals surface area contributed by atoms with E-state index in [4.69, 9.17) is 0 Å². The molecule has 1 amide bonds. The molecule has 0 radical (unpaired) electrons. The largest absolute Gasteiger partial charge is 0.416 e. The predicted molar refractivity (Wildman–Crippen MR) is 65.6 cm³/mol. The first-order valence-electron chi connectivity index (χ1n) is 5.56. The van der Waals surface area contributed by atoms with Crippen LogP contribution >= 0.6 is 11.8 Å². The zero-order valence-corrected chi connectivity index (χ0v) is 10.3. The molecule has 1 N–H and O–H groups in total. The van der Waals surface area contributed by atoms with Crippen molar-refractivity contribution in [1.29, 1.82) is 0 Å². The molecule has 2 rings (SSSR count). The summed E-state index contributed by atoms with van der Waals surface area (Å²) in [6.07, 6.45) is -2.62. The number of carbonyl (C=O) groups excluding carboxylic acids is 1. The zero-order valence-electron chi connectivity index (χ0n) is 9.46. The SMILES string of the molecule is O=C(Nc1cccc(C(F)(F)F)c1)C1CCCS1. The molecule has 1 aromatic carbocycles. The summed E-state index contributed by atoms with van der Waals surface area (Å²) in [4.78, 5) is 11.8. The maximum atomic E-state index is 12.5. The van der Waals surface area contributed by atoms with Crippen LogP contribution < -0.4 is 5.32 Å². The number of rotatable bonds is 2. The topological polar surface area (TPSA) is 29.1 Å². The van der Waals surface area contributed by atoms with E-state index in [1.54, 1.807) is 11.8 Å². The normalized spacial score (nSPS) is 19.8. The molecule has 1 aliphatic rings. The predicted octanol–water partition coefficient (Wildman–Crippen LogP) is 3.54. The summed E-state index contributed by atoms with van der Waals surface area (Å²) < 4.78 is 37.5. The highest BCUT2D eigenvalue weighted by molar-refractivity contribution is 8.00. The second-order valence-electron chi connectivity index (χ2n) is 4.07. The van der Waals surface area contributed by atoms with Crippen molar-refractivity contribution in [3.63, 3.8) is 0 Å². The molecule has 0 aliphatic carbocycles. The molecule has 0 spiro atoms. The van der Waals surface area contributed by atoms with Crippen molar-refractivity contribution in [3.05, 3.63) is 29.8 Å². The average Bonchev–Trinajstić information content (AvgIpc) is 2.81. The van der Waals surface area contributed by atoms with Gasteiger partial charge >= 0.3 is 6.18 Å². The highest BCUT2D eigenvalue weighted by atomic mass is 32.2. The van der Waals surface area contributed by atoms with E-state index in [1.165, 1.54) is 12.1 Å². The molecule has 1 unspecified atom stereocenters. The molecule has 98 valence electrons. The molecule has 6 heteroatoms. The molecule has 1 fully saturated rings. The quantitative estimate of drug-likeness (QED) is 0.894. The van der Waals surface area contributed by atoms with Crippen molar-refractivity contribution in [1.82, 2.24) is 0 Å². The van der Waals surface area contributed by atoms with Gasteiger partial charge in [0.2, 0.25) is 5.91 Å². The molecule has 1 heterocycles. The highest BCUT2D eigenvalue weighted by Crippen LogP contribution is 2.31. The van der Waals surface area contributed by atoms with Crippen molar-refractivity contribution in [2.24, 2.45) is 0 Å². The fourth-order valence-electron chi connectivity index (χ4n) is 1.78. The first-order chi connectivity index (χ1) is 8.47. The Labute approximate surface area is 107 Å². The number of nitrogens with one attached hydrogen (secondary N) is 1. The second kappa shape index (κ2) is 5.22. The van der Waals surface area contributed by atoms with Crippen LogP contribution in [0, 0.1) is 0 Å². The van der Waals surface area contributed by atoms with Crippen LogP contribution in [0.25, 0.3) is 0 Å². The number of hydrogen-bond donors (Lipinski definition) is 1. The Morgan fingerprint density at radius 3 is 2.78 bits per heavy atom. The van der Waals surface area contributed by atoms with E-state index < -0.39 is 11.7 Å². The lowest BCUT2D eigenvalue weighted by molar-refractivity contribution is -0.137. The molecule has 1 atom stereocenters. The molecule has 1 saturated heterocycles. The van der Waals surface area contributed by atoms with Crippen LogP contribution in [0.2, 0.25) is 0 Å². The molecule has 18 heavy (non-hydrogen) atoms. The zero-order chi connectivity index (χ0) is 13.2. The van der Waals surface area contributed by atoms with Crippen molar-refractivity contribution >= 4 is 23.4 Å². The Morgan fingerprint density at radius 2 is 2.17 bits per heavy atom. The van der Waals surface area contributed by atoms with E-state index in [0.717, 1.165) is 30.7 Å². The summed E-state index contributed by atoms with van der Waals surface area (Å²) in [7, 11) is 0. The van der Waals surface area contributed by atoms with E-state index in [0.29, 0.717) is 0 Å². The Bertz CT molecular complexity index is 441. The van der Waals surface area contributed by atoms with Gasteiger partial charge in [-0.1, -0.05) is 6.07 Å². The van der Waals surface area contributed by atoms with Gasteiger partial charge in [-0.25, -0.2) is 0 Å². The first kappa shape index (κ1) is 13.3. The number of anilines is 1. The first-order valence-corrected chi connectivity index (χ1v) is 6.61. The van der Waals surface area contributed by atoms with Crippen molar-refractivity contribution < 1.29 is 18.0 Å². The van der Waals surface area contributed by atoms with Gasteiger partial charge in [-0.3, -0.25) is 4.79 Å². The van der Waals surface area contributed by atoms with E-state index in [-0.39, 0.29) is 16.8 Å². The highest BCUT2D eigenvalue weighted by Gasteiger charge is 2.31. The Balaban J connectivity index is 2.07. The van der Waals surface area contributed by atoms with Crippen LogP contribution in [-0.2, 0) is 11.0 Å². The maximum absolute atomic E-state index is 12.5. The molecule has 0 bridgehead atoms. The van der Waals surface area contributed by atoms with E-state index >= 15 is 0 Å². The third-order valence-corrected chi connectivity index (χ3v) is 4.06. The Kier molecular flexibility index (Phi) is 3.85. The van der Waals surface area contributed by atoms with Gasteiger partial charge in [-0.15, -0.1) is 11.8 Å². The number of alkyl halides is 3. The minimum atomic E-state index is -4.39. The third kappa shape index (κ3) is 3.19. The minimum Gasteiger partial charge on any atom is -0.325 e. The molecule has 0 saturated carbocycles. The van der Waals surface area contributed by atoms with Crippen LogP contribution in [0.4, 0.5) is 18.9 Å².